The number of ether oxygens (including phenoxy) is 1. The number of carbonyl (C=O) groups is 1. The molecule has 1 saturated heterocycles. The van der Waals surface area contributed by atoms with Gasteiger partial charge in [0, 0.05) is 19.1 Å². The van der Waals surface area contributed by atoms with Crippen molar-refractivity contribution in [3.05, 3.63) is 48.8 Å². The molecule has 7 heteroatoms. The van der Waals surface area contributed by atoms with Crippen LogP contribution in [0.4, 0.5) is 10.6 Å². The molecule has 7 nitrogen and oxygen atoms in total. The molecule has 0 saturated carbocycles. The highest BCUT2D eigenvalue weighted by molar-refractivity contribution is 5.76. The van der Waals surface area contributed by atoms with Crippen LogP contribution in [0.3, 0.4) is 0 Å². The van der Waals surface area contributed by atoms with E-state index in [0.717, 1.165) is 29.1 Å². The van der Waals surface area contributed by atoms with Crippen molar-refractivity contribution in [2.45, 2.75) is 38.8 Å². The predicted octanol–water partition coefficient (Wildman–Crippen LogP) is 3.84. The van der Waals surface area contributed by atoms with Crippen LogP contribution in [0, 0.1) is 0 Å². The van der Waals surface area contributed by atoms with E-state index < -0.39 is 5.60 Å². The molecule has 146 valence electrons. The number of anilines is 1. The summed E-state index contributed by atoms with van der Waals surface area (Å²) in [6, 6.07) is 14.0. The molecule has 1 aliphatic rings. The second kappa shape index (κ2) is 7.14. The lowest BCUT2D eigenvalue weighted by Crippen LogP contribution is -2.36. The molecular weight excluding hydrogens is 354 g/mol. The van der Waals surface area contributed by atoms with Crippen LogP contribution in [0.1, 0.15) is 27.2 Å². The fourth-order valence-electron chi connectivity index (χ4n) is 3.36. The fraction of sp³-hybridized carbons (Fsp3) is 0.381. The van der Waals surface area contributed by atoms with Crippen LogP contribution < -0.4 is 5.32 Å². The van der Waals surface area contributed by atoms with Crippen LogP contribution in [0.5, 0.6) is 0 Å². The summed E-state index contributed by atoms with van der Waals surface area (Å²) in [6.45, 7) is 6.93. The van der Waals surface area contributed by atoms with Crippen molar-refractivity contribution in [1.29, 1.82) is 0 Å². The first kappa shape index (κ1) is 18.3. The lowest BCUT2D eigenvalue weighted by atomic mass is 10.2. The van der Waals surface area contributed by atoms with E-state index in [1.54, 1.807) is 11.2 Å². The van der Waals surface area contributed by atoms with Crippen molar-refractivity contribution in [1.82, 2.24) is 19.4 Å². The summed E-state index contributed by atoms with van der Waals surface area (Å²) in [4.78, 5) is 23.2. The standard InChI is InChI=1S/C21H25N5O2/c1-21(2,3)28-20(27)25-12-11-15(13-25)23-18-9-6-10-19(24-18)26-14-22-16-7-4-5-8-17(16)26/h4-10,14-15H,11-13H2,1-3H3,(H,23,24)/t15-/m0/s1. The Kier molecular flexibility index (Phi) is 4.66. The van der Waals surface area contributed by atoms with Gasteiger partial charge in [-0.05, 0) is 51.5 Å². The van der Waals surface area contributed by atoms with Crippen LogP contribution >= 0.6 is 0 Å². The number of hydrogen-bond acceptors (Lipinski definition) is 5. The summed E-state index contributed by atoms with van der Waals surface area (Å²) in [5, 5.41) is 3.44. The monoisotopic (exact) mass is 379 g/mol. The number of likely N-dealkylation sites (tertiary alicyclic amines) is 1. The van der Waals surface area contributed by atoms with Crippen LogP contribution in [-0.4, -0.2) is 50.3 Å². The van der Waals surface area contributed by atoms with Gasteiger partial charge in [-0.2, -0.15) is 0 Å². The number of hydrogen-bond donors (Lipinski definition) is 1. The van der Waals surface area contributed by atoms with Crippen LogP contribution in [0.2, 0.25) is 0 Å². The van der Waals surface area contributed by atoms with Gasteiger partial charge in [-0.15, -0.1) is 0 Å². The molecule has 1 atom stereocenters. The van der Waals surface area contributed by atoms with Gasteiger partial charge in [0.1, 0.15) is 23.6 Å². The molecule has 0 spiro atoms. The number of imidazole rings is 1. The second-order valence-corrected chi connectivity index (χ2v) is 8.04. The Morgan fingerprint density at radius 2 is 2.00 bits per heavy atom. The number of nitrogens with zero attached hydrogens (tertiary/aromatic N) is 4. The number of rotatable bonds is 3. The van der Waals surface area contributed by atoms with E-state index in [4.69, 9.17) is 9.72 Å². The van der Waals surface area contributed by atoms with E-state index >= 15 is 0 Å². The van der Waals surface area contributed by atoms with Crippen LogP contribution in [0.15, 0.2) is 48.8 Å². The van der Waals surface area contributed by atoms with Gasteiger partial charge in [-0.3, -0.25) is 4.57 Å². The van der Waals surface area contributed by atoms with E-state index in [1.807, 2.05) is 67.8 Å². The molecule has 2 aromatic heterocycles. The summed E-state index contributed by atoms with van der Waals surface area (Å²) < 4.78 is 7.44. The Balaban J connectivity index is 1.45. The maximum absolute atomic E-state index is 12.2. The minimum atomic E-state index is -0.480. The van der Waals surface area contributed by atoms with E-state index in [9.17, 15) is 4.79 Å². The molecule has 1 fully saturated rings. The third-order valence-electron chi connectivity index (χ3n) is 4.63. The summed E-state index contributed by atoms with van der Waals surface area (Å²) >= 11 is 0. The predicted molar refractivity (Wildman–Crippen MR) is 109 cm³/mol. The summed E-state index contributed by atoms with van der Waals surface area (Å²) in [6.07, 6.45) is 2.39. The lowest BCUT2D eigenvalue weighted by molar-refractivity contribution is 0.0293. The Morgan fingerprint density at radius 1 is 1.18 bits per heavy atom. The highest BCUT2D eigenvalue weighted by Crippen LogP contribution is 2.20. The normalized spacial score (nSPS) is 17.1. The number of pyridine rings is 1. The molecule has 1 aliphatic heterocycles. The quantitative estimate of drug-likeness (QED) is 0.748. The van der Waals surface area contributed by atoms with Crippen molar-refractivity contribution in [3.8, 4) is 5.82 Å². The van der Waals surface area contributed by atoms with Gasteiger partial charge in [0.25, 0.3) is 0 Å². The maximum atomic E-state index is 12.2. The Labute approximate surface area is 164 Å². The van der Waals surface area contributed by atoms with Gasteiger partial charge >= 0.3 is 6.09 Å². The first-order valence-electron chi connectivity index (χ1n) is 9.53. The average molecular weight is 379 g/mol. The molecule has 3 heterocycles. The lowest BCUT2D eigenvalue weighted by Gasteiger charge is -2.24. The van der Waals surface area contributed by atoms with E-state index in [-0.39, 0.29) is 12.1 Å². The van der Waals surface area contributed by atoms with Crippen molar-refractivity contribution in [2.24, 2.45) is 0 Å². The molecule has 1 N–H and O–H groups in total. The van der Waals surface area contributed by atoms with Gasteiger partial charge in [0.2, 0.25) is 0 Å². The van der Waals surface area contributed by atoms with E-state index in [2.05, 4.69) is 10.3 Å². The molecule has 0 aliphatic carbocycles. The number of amides is 1. The number of aromatic nitrogens is 3. The largest absolute Gasteiger partial charge is 0.444 e. The smallest absolute Gasteiger partial charge is 0.410 e. The van der Waals surface area contributed by atoms with Gasteiger partial charge in [-0.25, -0.2) is 14.8 Å². The molecule has 28 heavy (non-hydrogen) atoms. The second-order valence-electron chi connectivity index (χ2n) is 8.04. The highest BCUT2D eigenvalue weighted by atomic mass is 16.6. The summed E-state index contributed by atoms with van der Waals surface area (Å²) in [5.41, 5.74) is 1.47. The molecule has 0 radical (unpaired) electrons. The summed E-state index contributed by atoms with van der Waals surface area (Å²) in [7, 11) is 0. The SMILES string of the molecule is CC(C)(C)OC(=O)N1CC[C@H](Nc2cccc(-n3cnc4ccccc43)n2)C1. The number of para-hydroxylation sites is 2. The first-order chi connectivity index (χ1) is 13.4. The molecule has 4 rings (SSSR count). The molecule has 0 bridgehead atoms. The van der Waals surface area contributed by atoms with E-state index in [1.165, 1.54) is 0 Å². The van der Waals surface area contributed by atoms with E-state index in [0.29, 0.717) is 13.1 Å². The fourth-order valence-corrected chi connectivity index (χ4v) is 3.36. The first-order valence-corrected chi connectivity index (χ1v) is 9.53. The van der Waals surface area contributed by atoms with Crippen molar-refractivity contribution in [2.75, 3.05) is 18.4 Å². The molecular formula is C21H25N5O2. The molecule has 0 unspecified atom stereocenters. The zero-order valence-corrected chi connectivity index (χ0v) is 16.4. The number of nitrogens with one attached hydrogen (secondary N) is 1. The number of benzene rings is 1. The number of fused-ring (bicyclic) bond motifs is 1. The Morgan fingerprint density at radius 3 is 2.82 bits per heavy atom. The summed E-state index contributed by atoms with van der Waals surface area (Å²) in [5.74, 6) is 1.59. The van der Waals surface area contributed by atoms with Crippen LogP contribution in [0.25, 0.3) is 16.9 Å². The number of carbonyl (C=O) groups excluding carboxylic acids is 1. The Hall–Kier alpha value is -3.09. The topological polar surface area (TPSA) is 72.3 Å². The zero-order valence-electron chi connectivity index (χ0n) is 16.4. The van der Waals surface area contributed by atoms with Crippen molar-refractivity contribution in [3.63, 3.8) is 0 Å². The van der Waals surface area contributed by atoms with Gasteiger partial charge in [0.15, 0.2) is 0 Å². The minimum Gasteiger partial charge on any atom is -0.444 e. The maximum Gasteiger partial charge on any atom is 0.410 e. The third-order valence-corrected chi connectivity index (χ3v) is 4.63. The third kappa shape index (κ3) is 3.93. The van der Waals surface area contributed by atoms with Gasteiger partial charge < -0.3 is 15.0 Å². The van der Waals surface area contributed by atoms with Crippen molar-refractivity contribution >= 4 is 22.9 Å². The van der Waals surface area contributed by atoms with Crippen molar-refractivity contribution < 1.29 is 9.53 Å². The Bertz CT molecular complexity index is 992. The van der Waals surface area contributed by atoms with Gasteiger partial charge in [-0.1, -0.05) is 18.2 Å². The molecule has 1 amide bonds. The highest BCUT2D eigenvalue weighted by Gasteiger charge is 2.29. The van der Waals surface area contributed by atoms with Crippen LogP contribution in [-0.2, 0) is 4.74 Å². The minimum absolute atomic E-state index is 0.148. The van der Waals surface area contributed by atoms with Gasteiger partial charge in [0.05, 0.1) is 11.0 Å². The average Bonchev–Trinajstić information content (AvgIpc) is 3.27. The zero-order chi connectivity index (χ0) is 19.7. The molecule has 1 aromatic carbocycles. The molecule has 3 aromatic rings.